The summed E-state index contributed by atoms with van der Waals surface area (Å²) >= 11 is 0. The lowest BCUT2D eigenvalue weighted by molar-refractivity contribution is -0.130. The van der Waals surface area contributed by atoms with Crippen molar-refractivity contribution < 1.29 is 9.18 Å². The number of hydrogen-bond acceptors (Lipinski definition) is 4. The van der Waals surface area contributed by atoms with Crippen LogP contribution in [0.3, 0.4) is 0 Å². The highest BCUT2D eigenvalue weighted by atomic mass is 19.1. The van der Waals surface area contributed by atoms with Gasteiger partial charge in [0.15, 0.2) is 0 Å². The van der Waals surface area contributed by atoms with Crippen LogP contribution in [0.15, 0.2) is 18.2 Å². The summed E-state index contributed by atoms with van der Waals surface area (Å²) in [5.74, 6) is 0.407. The molecule has 2 saturated heterocycles. The number of piperazine rings is 1. The molecule has 6 heteroatoms. The van der Waals surface area contributed by atoms with E-state index in [0.717, 1.165) is 39.3 Å². The average Bonchev–Trinajstić information content (AvgIpc) is 2.97. The van der Waals surface area contributed by atoms with Crippen LogP contribution in [0.2, 0.25) is 0 Å². The minimum atomic E-state index is -0.245. The van der Waals surface area contributed by atoms with Gasteiger partial charge in [0.1, 0.15) is 5.82 Å². The van der Waals surface area contributed by atoms with Gasteiger partial charge in [0.05, 0.1) is 11.6 Å². The van der Waals surface area contributed by atoms with Gasteiger partial charge in [0.2, 0.25) is 5.91 Å². The van der Waals surface area contributed by atoms with Crippen LogP contribution in [-0.2, 0) is 11.3 Å². The van der Waals surface area contributed by atoms with Crippen LogP contribution in [-0.4, -0.2) is 65.9 Å². The van der Waals surface area contributed by atoms with Gasteiger partial charge in [-0.25, -0.2) is 4.39 Å². The number of nitriles is 1. The number of halogens is 1. The van der Waals surface area contributed by atoms with Crippen molar-refractivity contribution in [2.24, 2.45) is 5.92 Å². The molecule has 0 spiro atoms. The molecule has 0 N–H and O–H groups in total. The van der Waals surface area contributed by atoms with Crippen molar-refractivity contribution in [3.8, 4) is 6.07 Å². The van der Waals surface area contributed by atoms with E-state index in [1.165, 1.54) is 12.1 Å². The fraction of sp³-hybridized carbons (Fsp3) is 0.579. The second-order valence-electron chi connectivity index (χ2n) is 7.20. The van der Waals surface area contributed by atoms with Crippen LogP contribution < -0.4 is 0 Å². The summed E-state index contributed by atoms with van der Waals surface area (Å²) < 4.78 is 14.0. The summed E-state index contributed by atoms with van der Waals surface area (Å²) in [6, 6.07) is 7.07. The Morgan fingerprint density at radius 2 is 2.00 bits per heavy atom. The van der Waals surface area contributed by atoms with Gasteiger partial charge < -0.3 is 4.90 Å². The minimum absolute atomic E-state index is 0.147. The molecule has 134 valence electrons. The Labute approximate surface area is 148 Å². The first kappa shape index (κ1) is 17.8. The van der Waals surface area contributed by atoms with E-state index in [9.17, 15) is 9.18 Å². The van der Waals surface area contributed by atoms with Crippen molar-refractivity contribution in [3.63, 3.8) is 0 Å². The van der Waals surface area contributed by atoms with Crippen LogP contribution in [0.5, 0.6) is 0 Å². The van der Waals surface area contributed by atoms with Crippen molar-refractivity contribution in [1.29, 1.82) is 5.26 Å². The van der Waals surface area contributed by atoms with E-state index in [-0.39, 0.29) is 11.7 Å². The Morgan fingerprint density at radius 3 is 2.64 bits per heavy atom. The summed E-state index contributed by atoms with van der Waals surface area (Å²) in [6.07, 6.45) is 0. The molecule has 2 fully saturated rings. The molecule has 2 aliphatic heterocycles. The van der Waals surface area contributed by atoms with Gasteiger partial charge in [-0.3, -0.25) is 14.6 Å². The topological polar surface area (TPSA) is 50.6 Å². The fourth-order valence-electron chi connectivity index (χ4n) is 4.03. The highest BCUT2D eigenvalue weighted by Gasteiger charge is 2.35. The van der Waals surface area contributed by atoms with Crippen molar-refractivity contribution in [2.45, 2.75) is 26.4 Å². The van der Waals surface area contributed by atoms with Crippen LogP contribution in [0, 0.1) is 23.1 Å². The molecule has 0 unspecified atom stereocenters. The number of benzene rings is 1. The van der Waals surface area contributed by atoms with E-state index in [0.29, 0.717) is 29.6 Å². The van der Waals surface area contributed by atoms with E-state index in [1.807, 2.05) is 4.90 Å². The zero-order valence-corrected chi connectivity index (χ0v) is 14.9. The predicted molar refractivity (Wildman–Crippen MR) is 93.2 cm³/mol. The van der Waals surface area contributed by atoms with Crippen LogP contribution in [0.1, 0.15) is 25.0 Å². The summed E-state index contributed by atoms with van der Waals surface area (Å²) in [5, 5.41) is 9.01. The Balaban J connectivity index is 1.61. The Morgan fingerprint density at radius 1 is 1.28 bits per heavy atom. The SMILES string of the molecule is CC(=O)N1CCN([C@@H]2CN(Cc3cc(C#N)ccc3F)C[C@@H]2C)CC1. The van der Waals surface area contributed by atoms with Gasteiger partial charge in [-0.15, -0.1) is 0 Å². The van der Waals surface area contributed by atoms with E-state index >= 15 is 0 Å². The molecule has 0 aliphatic carbocycles. The van der Waals surface area contributed by atoms with Crippen LogP contribution in [0.4, 0.5) is 4.39 Å². The van der Waals surface area contributed by atoms with Crippen LogP contribution in [0.25, 0.3) is 0 Å². The standard InChI is InChI=1S/C19H25FN4O/c1-14-11-22(12-17-9-16(10-21)3-4-18(17)20)13-19(14)24-7-5-23(6-8-24)15(2)25/h3-4,9,14,19H,5-8,11-13H2,1-2H3/t14-,19+/m0/s1. The predicted octanol–water partition coefficient (Wildman–Crippen LogP) is 1.68. The summed E-state index contributed by atoms with van der Waals surface area (Å²) in [6.45, 7) is 9.61. The molecule has 1 aromatic rings. The first-order valence-electron chi connectivity index (χ1n) is 8.88. The van der Waals surface area contributed by atoms with Gasteiger partial charge in [0.25, 0.3) is 0 Å². The van der Waals surface area contributed by atoms with E-state index in [1.54, 1.807) is 13.0 Å². The molecule has 0 bridgehead atoms. The molecular weight excluding hydrogens is 319 g/mol. The number of amides is 1. The lowest BCUT2D eigenvalue weighted by Crippen LogP contribution is -2.53. The number of hydrogen-bond donors (Lipinski definition) is 0. The highest BCUT2D eigenvalue weighted by molar-refractivity contribution is 5.73. The third kappa shape index (κ3) is 4.00. The quantitative estimate of drug-likeness (QED) is 0.837. The maximum absolute atomic E-state index is 14.0. The van der Waals surface area contributed by atoms with Gasteiger partial charge in [-0.2, -0.15) is 5.26 Å². The zero-order valence-electron chi connectivity index (χ0n) is 14.9. The highest BCUT2D eigenvalue weighted by Crippen LogP contribution is 2.25. The molecule has 1 amide bonds. The lowest BCUT2D eigenvalue weighted by Gasteiger charge is -2.39. The third-order valence-corrected chi connectivity index (χ3v) is 5.45. The Hall–Kier alpha value is -1.97. The van der Waals surface area contributed by atoms with E-state index in [2.05, 4.69) is 22.8 Å². The maximum atomic E-state index is 14.0. The molecule has 2 aliphatic rings. The lowest BCUT2D eigenvalue weighted by atomic mass is 10.0. The first-order chi connectivity index (χ1) is 12.0. The molecule has 2 heterocycles. The molecule has 0 radical (unpaired) electrons. The monoisotopic (exact) mass is 344 g/mol. The fourth-order valence-corrected chi connectivity index (χ4v) is 4.03. The molecule has 0 saturated carbocycles. The smallest absolute Gasteiger partial charge is 0.219 e. The van der Waals surface area contributed by atoms with Gasteiger partial charge in [-0.1, -0.05) is 6.92 Å². The average molecular weight is 344 g/mol. The molecule has 0 aromatic heterocycles. The molecule has 3 rings (SSSR count). The summed E-state index contributed by atoms with van der Waals surface area (Å²) in [4.78, 5) is 18.1. The van der Waals surface area contributed by atoms with E-state index in [4.69, 9.17) is 5.26 Å². The maximum Gasteiger partial charge on any atom is 0.219 e. The second-order valence-corrected chi connectivity index (χ2v) is 7.20. The van der Waals surface area contributed by atoms with Gasteiger partial charge in [0, 0.05) is 64.3 Å². The first-order valence-corrected chi connectivity index (χ1v) is 8.88. The van der Waals surface area contributed by atoms with Crippen molar-refractivity contribution >= 4 is 5.91 Å². The van der Waals surface area contributed by atoms with Crippen LogP contribution >= 0.6 is 0 Å². The summed E-state index contributed by atoms with van der Waals surface area (Å²) in [7, 11) is 0. The molecule has 2 atom stereocenters. The second kappa shape index (κ2) is 7.51. The number of carbonyl (C=O) groups excluding carboxylic acids is 1. The number of likely N-dealkylation sites (tertiary alicyclic amines) is 1. The molecule has 25 heavy (non-hydrogen) atoms. The van der Waals surface area contributed by atoms with Crippen molar-refractivity contribution in [3.05, 3.63) is 35.1 Å². The van der Waals surface area contributed by atoms with Gasteiger partial charge in [-0.05, 0) is 24.1 Å². The van der Waals surface area contributed by atoms with E-state index < -0.39 is 0 Å². The minimum Gasteiger partial charge on any atom is -0.340 e. The zero-order chi connectivity index (χ0) is 18.0. The normalized spacial score (nSPS) is 25.1. The van der Waals surface area contributed by atoms with Gasteiger partial charge >= 0.3 is 0 Å². The largest absolute Gasteiger partial charge is 0.340 e. The molecule has 1 aromatic carbocycles. The van der Waals surface area contributed by atoms with Crippen molar-refractivity contribution in [1.82, 2.24) is 14.7 Å². The molecule has 5 nitrogen and oxygen atoms in total. The Bertz CT molecular complexity index is 678. The number of rotatable bonds is 3. The Kier molecular flexibility index (Phi) is 5.36. The summed E-state index contributed by atoms with van der Waals surface area (Å²) in [5.41, 5.74) is 1.09. The molecular formula is C19H25FN4O. The third-order valence-electron chi connectivity index (χ3n) is 5.45. The van der Waals surface area contributed by atoms with Crippen molar-refractivity contribution in [2.75, 3.05) is 39.3 Å². The number of nitrogens with zero attached hydrogens (tertiary/aromatic N) is 4. The number of carbonyl (C=O) groups is 1.